The van der Waals surface area contributed by atoms with Gasteiger partial charge in [0.2, 0.25) is 0 Å². The van der Waals surface area contributed by atoms with Crippen molar-refractivity contribution in [2.45, 2.75) is 12.5 Å². The van der Waals surface area contributed by atoms with Crippen LogP contribution in [0.3, 0.4) is 0 Å². The fourth-order valence-corrected chi connectivity index (χ4v) is 1.38. The molecule has 0 aliphatic heterocycles. The van der Waals surface area contributed by atoms with Crippen LogP contribution in [0.5, 0.6) is 0 Å². The van der Waals surface area contributed by atoms with Crippen molar-refractivity contribution in [3.63, 3.8) is 0 Å². The average molecular weight is 263 g/mol. The molecule has 0 amide bonds. The van der Waals surface area contributed by atoms with Crippen molar-refractivity contribution in [3.8, 4) is 0 Å². The molecule has 0 unspecified atom stereocenters. The zero-order valence-electron chi connectivity index (χ0n) is 10.1. The van der Waals surface area contributed by atoms with E-state index >= 15 is 0 Å². The Bertz CT molecular complexity index is 536. The first kappa shape index (κ1) is 14.5. The van der Waals surface area contributed by atoms with E-state index in [-0.39, 0.29) is 6.54 Å². The first-order chi connectivity index (χ1) is 8.28. The molecule has 0 saturated heterocycles. The Morgan fingerprint density at radius 3 is 2.50 bits per heavy atom. The Hall–Kier alpha value is -1.54. The number of aromatic nitrogens is 2. The molecule has 1 aromatic rings. The molecule has 0 aliphatic carbocycles. The van der Waals surface area contributed by atoms with Gasteiger partial charge in [-0.05, 0) is 0 Å². The molecule has 8 heteroatoms. The second-order valence-corrected chi connectivity index (χ2v) is 3.99. The van der Waals surface area contributed by atoms with Crippen LogP contribution in [0.1, 0.15) is 5.69 Å². The van der Waals surface area contributed by atoms with Crippen LogP contribution >= 0.6 is 0 Å². The zero-order chi connectivity index (χ0) is 13.9. The number of nitrogens with one attached hydrogen (secondary N) is 1. The van der Waals surface area contributed by atoms with Crippen LogP contribution in [-0.2, 0) is 20.6 Å². The van der Waals surface area contributed by atoms with E-state index in [1.54, 1.807) is 0 Å². The van der Waals surface area contributed by atoms with Gasteiger partial charge in [-0.15, -0.1) is 0 Å². The van der Waals surface area contributed by atoms with Crippen LogP contribution < -0.4 is 16.6 Å². The Morgan fingerprint density at radius 2 is 1.94 bits per heavy atom. The summed E-state index contributed by atoms with van der Waals surface area (Å²) in [7, 11) is 2.78. The second-order valence-electron chi connectivity index (χ2n) is 3.99. The number of halogens is 2. The lowest BCUT2D eigenvalue weighted by atomic mass is 10.3. The van der Waals surface area contributed by atoms with Gasteiger partial charge in [0, 0.05) is 32.4 Å². The number of hydrogen-bond acceptors (Lipinski definition) is 4. The van der Waals surface area contributed by atoms with E-state index < -0.39 is 30.3 Å². The van der Waals surface area contributed by atoms with Crippen molar-refractivity contribution >= 4 is 0 Å². The van der Waals surface area contributed by atoms with Crippen LogP contribution in [-0.4, -0.2) is 33.3 Å². The fourth-order valence-electron chi connectivity index (χ4n) is 1.38. The molecule has 0 aliphatic rings. The lowest BCUT2D eigenvalue weighted by Gasteiger charge is -2.15. The molecule has 18 heavy (non-hydrogen) atoms. The van der Waals surface area contributed by atoms with Gasteiger partial charge in [-0.25, -0.2) is 13.6 Å². The van der Waals surface area contributed by atoms with Crippen molar-refractivity contribution in [3.05, 3.63) is 32.6 Å². The molecule has 1 aromatic heterocycles. The monoisotopic (exact) mass is 263 g/mol. The highest BCUT2D eigenvalue weighted by atomic mass is 19.3. The Kier molecular flexibility index (Phi) is 4.36. The van der Waals surface area contributed by atoms with Gasteiger partial charge in [0.25, 0.3) is 11.5 Å². The fraction of sp³-hybridized carbons (Fsp3) is 0.600. The highest BCUT2D eigenvalue weighted by Crippen LogP contribution is 2.09. The number of hydrogen-bond donors (Lipinski definition) is 2. The first-order valence-corrected chi connectivity index (χ1v) is 5.24. The summed E-state index contributed by atoms with van der Waals surface area (Å²) in [6.07, 6.45) is 0. The minimum absolute atomic E-state index is 0.0581. The normalized spacial score (nSPS) is 11.8. The van der Waals surface area contributed by atoms with E-state index in [2.05, 4.69) is 5.32 Å². The van der Waals surface area contributed by atoms with E-state index in [0.717, 1.165) is 4.57 Å². The van der Waals surface area contributed by atoms with Crippen molar-refractivity contribution in [2.24, 2.45) is 14.1 Å². The van der Waals surface area contributed by atoms with Crippen molar-refractivity contribution in [1.82, 2.24) is 14.5 Å². The van der Waals surface area contributed by atoms with Crippen LogP contribution in [0.15, 0.2) is 15.7 Å². The van der Waals surface area contributed by atoms with Crippen molar-refractivity contribution in [1.29, 1.82) is 0 Å². The molecule has 0 fully saturated rings. The molecule has 6 nitrogen and oxygen atoms in total. The molecular weight excluding hydrogens is 248 g/mol. The zero-order valence-corrected chi connectivity index (χ0v) is 10.1. The smallest absolute Gasteiger partial charge is 0.330 e. The van der Waals surface area contributed by atoms with E-state index in [1.807, 2.05) is 0 Å². The number of nitrogens with zero attached hydrogens (tertiary/aromatic N) is 2. The third-order valence-electron chi connectivity index (χ3n) is 2.55. The minimum atomic E-state index is -3.22. The molecule has 1 heterocycles. The van der Waals surface area contributed by atoms with Crippen LogP contribution in [0.25, 0.3) is 0 Å². The SMILES string of the molecule is Cn1c(CNCC(F)(F)CO)cc(=O)n(C)c1=O. The Labute approximate surface area is 101 Å². The van der Waals surface area contributed by atoms with E-state index in [0.29, 0.717) is 5.69 Å². The molecular formula is C10H15F2N3O3. The van der Waals surface area contributed by atoms with Gasteiger partial charge < -0.3 is 10.4 Å². The number of aliphatic hydroxyl groups excluding tert-OH is 1. The lowest BCUT2D eigenvalue weighted by Crippen LogP contribution is -2.40. The molecule has 0 atom stereocenters. The van der Waals surface area contributed by atoms with Gasteiger partial charge in [-0.2, -0.15) is 0 Å². The van der Waals surface area contributed by atoms with Gasteiger partial charge in [0.15, 0.2) is 0 Å². The predicted molar refractivity (Wildman–Crippen MR) is 60.7 cm³/mol. The standard InChI is InChI=1S/C10H15F2N3O3/c1-14-7(3-8(17)15(2)9(14)18)4-13-5-10(11,12)6-16/h3,13,16H,4-6H2,1-2H3. The van der Waals surface area contributed by atoms with E-state index in [4.69, 9.17) is 5.11 Å². The van der Waals surface area contributed by atoms with Gasteiger partial charge in [-0.3, -0.25) is 13.9 Å². The summed E-state index contributed by atoms with van der Waals surface area (Å²) in [5.74, 6) is -3.22. The van der Waals surface area contributed by atoms with E-state index in [1.165, 1.54) is 24.7 Å². The van der Waals surface area contributed by atoms with Crippen LogP contribution in [0.4, 0.5) is 8.78 Å². The summed E-state index contributed by atoms with van der Waals surface area (Å²) >= 11 is 0. The molecule has 2 N–H and O–H groups in total. The van der Waals surface area contributed by atoms with Crippen LogP contribution in [0.2, 0.25) is 0 Å². The summed E-state index contributed by atoms with van der Waals surface area (Å²) in [4.78, 5) is 22.9. The van der Waals surface area contributed by atoms with E-state index in [9.17, 15) is 18.4 Å². The first-order valence-electron chi connectivity index (χ1n) is 5.24. The summed E-state index contributed by atoms with van der Waals surface area (Å²) in [6.45, 7) is -2.04. The third-order valence-corrected chi connectivity index (χ3v) is 2.55. The Morgan fingerprint density at radius 1 is 1.33 bits per heavy atom. The van der Waals surface area contributed by atoms with Gasteiger partial charge in [-0.1, -0.05) is 0 Å². The molecule has 102 valence electrons. The topological polar surface area (TPSA) is 76.3 Å². The number of rotatable bonds is 5. The van der Waals surface area contributed by atoms with Crippen LogP contribution in [0, 0.1) is 0 Å². The number of alkyl halides is 2. The highest BCUT2D eigenvalue weighted by Gasteiger charge is 2.26. The molecule has 1 rings (SSSR count). The molecule has 0 spiro atoms. The summed E-state index contributed by atoms with van der Waals surface area (Å²) in [5.41, 5.74) is -0.714. The van der Waals surface area contributed by atoms with Gasteiger partial charge in [0.1, 0.15) is 6.61 Å². The second kappa shape index (κ2) is 5.40. The minimum Gasteiger partial charge on any atom is -0.390 e. The maximum atomic E-state index is 12.7. The third kappa shape index (κ3) is 3.23. The maximum Gasteiger partial charge on any atom is 0.330 e. The molecule has 0 radical (unpaired) electrons. The average Bonchev–Trinajstić information content (AvgIpc) is 2.33. The summed E-state index contributed by atoms with van der Waals surface area (Å²) in [5, 5.41) is 10.8. The maximum absolute atomic E-state index is 12.7. The summed E-state index contributed by atoms with van der Waals surface area (Å²) < 4.78 is 27.6. The predicted octanol–water partition coefficient (Wildman–Crippen LogP) is -1.20. The van der Waals surface area contributed by atoms with Crippen molar-refractivity contribution in [2.75, 3.05) is 13.2 Å². The lowest BCUT2D eigenvalue weighted by molar-refractivity contribution is -0.0478. The van der Waals surface area contributed by atoms with Gasteiger partial charge in [0.05, 0.1) is 6.54 Å². The number of aliphatic hydroxyl groups is 1. The molecule has 0 bridgehead atoms. The van der Waals surface area contributed by atoms with Crippen molar-refractivity contribution < 1.29 is 13.9 Å². The molecule has 0 saturated carbocycles. The Balaban J connectivity index is 2.82. The largest absolute Gasteiger partial charge is 0.390 e. The summed E-state index contributed by atoms with van der Waals surface area (Å²) in [6, 6.07) is 1.20. The van der Waals surface area contributed by atoms with Gasteiger partial charge >= 0.3 is 5.69 Å². The molecule has 0 aromatic carbocycles. The quantitative estimate of drug-likeness (QED) is 0.700. The highest BCUT2D eigenvalue weighted by molar-refractivity contribution is 5.01.